The van der Waals surface area contributed by atoms with E-state index in [-0.39, 0.29) is 24.8 Å². The summed E-state index contributed by atoms with van der Waals surface area (Å²) in [6, 6.07) is 15.4. The Balaban J connectivity index is 1.58. The molecule has 146 valence electrons. The highest BCUT2D eigenvalue weighted by Gasteiger charge is 2.39. The van der Waals surface area contributed by atoms with Crippen molar-refractivity contribution in [2.45, 2.75) is 25.6 Å². The van der Waals surface area contributed by atoms with Crippen LogP contribution in [0.4, 0.5) is 4.79 Å². The number of nitrogens with zero attached hydrogens (tertiary/aromatic N) is 2. The first-order valence-corrected chi connectivity index (χ1v) is 9.00. The number of carbonyl (C=O) groups is 3. The van der Waals surface area contributed by atoms with Gasteiger partial charge in [-0.15, -0.1) is 0 Å². The van der Waals surface area contributed by atoms with Crippen molar-refractivity contribution in [3.05, 3.63) is 65.7 Å². The molecule has 1 aliphatic rings. The zero-order valence-corrected chi connectivity index (χ0v) is 15.9. The van der Waals surface area contributed by atoms with Gasteiger partial charge in [-0.05, 0) is 23.3 Å². The van der Waals surface area contributed by atoms with Gasteiger partial charge < -0.3 is 15.0 Å². The van der Waals surface area contributed by atoms with E-state index < -0.39 is 12.1 Å². The van der Waals surface area contributed by atoms with Crippen LogP contribution in [0.25, 0.3) is 0 Å². The van der Waals surface area contributed by atoms with E-state index in [1.165, 1.54) is 0 Å². The summed E-state index contributed by atoms with van der Waals surface area (Å²) in [6.45, 7) is 0.600. The van der Waals surface area contributed by atoms with Gasteiger partial charge in [-0.3, -0.25) is 14.5 Å². The molecule has 7 heteroatoms. The molecule has 0 bridgehead atoms. The molecule has 0 aromatic heterocycles. The Morgan fingerprint density at radius 3 is 2.39 bits per heavy atom. The Morgan fingerprint density at radius 2 is 1.75 bits per heavy atom. The highest BCUT2D eigenvalue weighted by atomic mass is 16.5. The highest BCUT2D eigenvalue weighted by Crippen LogP contribution is 2.17. The number of hydrogen-bond donors (Lipinski definition) is 1. The fourth-order valence-electron chi connectivity index (χ4n) is 3.05. The van der Waals surface area contributed by atoms with E-state index in [4.69, 9.17) is 4.74 Å². The van der Waals surface area contributed by atoms with Gasteiger partial charge in [-0.2, -0.15) is 0 Å². The van der Waals surface area contributed by atoms with Crippen LogP contribution in [0, 0.1) is 0 Å². The van der Waals surface area contributed by atoms with Gasteiger partial charge >= 0.3 is 6.03 Å². The number of benzene rings is 2. The Labute approximate surface area is 163 Å². The fraction of sp³-hybridized carbons (Fsp3) is 0.286. The molecule has 1 heterocycles. The first kappa shape index (κ1) is 19.4. The third-order valence-electron chi connectivity index (χ3n) is 4.67. The maximum absolute atomic E-state index is 12.6. The van der Waals surface area contributed by atoms with Gasteiger partial charge in [0.15, 0.2) is 0 Å². The Kier molecular flexibility index (Phi) is 5.93. The van der Waals surface area contributed by atoms with E-state index in [9.17, 15) is 14.4 Å². The molecule has 1 N–H and O–H groups in total. The monoisotopic (exact) mass is 381 g/mol. The maximum Gasteiger partial charge on any atom is 0.325 e. The van der Waals surface area contributed by atoms with Crippen LogP contribution >= 0.6 is 0 Å². The van der Waals surface area contributed by atoms with Crippen LogP contribution in [0.2, 0.25) is 0 Å². The second-order valence-corrected chi connectivity index (χ2v) is 6.71. The van der Waals surface area contributed by atoms with Crippen LogP contribution in [0.3, 0.4) is 0 Å². The number of imide groups is 1. The predicted molar refractivity (Wildman–Crippen MR) is 103 cm³/mol. The molecule has 2 aromatic rings. The van der Waals surface area contributed by atoms with E-state index in [0.717, 1.165) is 16.0 Å². The SMILES string of the molecule is COc1ccc(CN2C(=O)N[C@H](CC(=O)N(C)Cc3ccccc3)C2=O)cc1. The van der Waals surface area contributed by atoms with Gasteiger partial charge in [-0.25, -0.2) is 4.79 Å². The van der Waals surface area contributed by atoms with Crippen molar-refractivity contribution in [2.24, 2.45) is 0 Å². The third-order valence-corrected chi connectivity index (χ3v) is 4.67. The fourth-order valence-corrected chi connectivity index (χ4v) is 3.05. The minimum atomic E-state index is -0.837. The lowest BCUT2D eigenvalue weighted by molar-refractivity contribution is -0.135. The van der Waals surface area contributed by atoms with E-state index >= 15 is 0 Å². The Bertz CT molecular complexity index is 852. The summed E-state index contributed by atoms with van der Waals surface area (Å²) in [5, 5.41) is 2.61. The van der Waals surface area contributed by atoms with E-state index in [1.54, 1.807) is 43.3 Å². The number of methoxy groups -OCH3 is 1. The minimum Gasteiger partial charge on any atom is -0.497 e. The van der Waals surface area contributed by atoms with Gasteiger partial charge in [0, 0.05) is 13.6 Å². The van der Waals surface area contributed by atoms with Crippen molar-refractivity contribution in [1.82, 2.24) is 15.1 Å². The second-order valence-electron chi connectivity index (χ2n) is 6.71. The van der Waals surface area contributed by atoms with Crippen molar-refractivity contribution in [2.75, 3.05) is 14.2 Å². The zero-order chi connectivity index (χ0) is 20.1. The topological polar surface area (TPSA) is 79.0 Å². The minimum absolute atomic E-state index is 0.0625. The van der Waals surface area contributed by atoms with Crippen molar-refractivity contribution in [1.29, 1.82) is 0 Å². The largest absolute Gasteiger partial charge is 0.497 e. The van der Waals surface area contributed by atoms with Crippen LogP contribution in [-0.4, -0.2) is 47.8 Å². The number of carbonyl (C=O) groups excluding carboxylic acids is 3. The first-order valence-electron chi connectivity index (χ1n) is 9.00. The van der Waals surface area contributed by atoms with E-state index in [0.29, 0.717) is 12.3 Å². The summed E-state index contributed by atoms with van der Waals surface area (Å²) in [7, 11) is 3.26. The summed E-state index contributed by atoms with van der Waals surface area (Å²) in [5.74, 6) is 0.113. The average molecular weight is 381 g/mol. The first-order chi connectivity index (χ1) is 13.5. The van der Waals surface area contributed by atoms with Gasteiger partial charge in [-0.1, -0.05) is 42.5 Å². The smallest absolute Gasteiger partial charge is 0.325 e. The summed E-state index contributed by atoms with van der Waals surface area (Å²) in [4.78, 5) is 40.0. The summed E-state index contributed by atoms with van der Waals surface area (Å²) < 4.78 is 5.11. The number of amides is 4. The number of rotatable bonds is 7. The van der Waals surface area contributed by atoms with Gasteiger partial charge in [0.05, 0.1) is 20.1 Å². The summed E-state index contributed by atoms with van der Waals surface area (Å²) in [6.07, 6.45) is -0.0625. The average Bonchev–Trinajstić information content (AvgIpc) is 2.96. The molecule has 2 aromatic carbocycles. The molecule has 1 aliphatic heterocycles. The highest BCUT2D eigenvalue weighted by molar-refractivity contribution is 6.05. The molecule has 28 heavy (non-hydrogen) atoms. The predicted octanol–water partition coefficient (Wildman–Crippen LogP) is 2.16. The Hall–Kier alpha value is -3.35. The molecule has 0 radical (unpaired) electrons. The lowest BCUT2D eigenvalue weighted by Gasteiger charge is -2.19. The van der Waals surface area contributed by atoms with Crippen LogP contribution in [0.15, 0.2) is 54.6 Å². The van der Waals surface area contributed by atoms with Crippen LogP contribution in [0.1, 0.15) is 17.5 Å². The summed E-state index contributed by atoms with van der Waals surface area (Å²) >= 11 is 0. The Morgan fingerprint density at radius 1 is 1.07 bits per heavy atom. The normalized spacial score (nSPS) is 16.1. The maximum atomic E-state index is 12.6. The molecule has 1 saturated heterocycles. The molecule has 0 spiro atoms. The second kappa shape index (κ2) is 8.56. The summed E-state index contributed by atoms with van der Waals surface area (Å²) in [5.41, 5.74) is 1.80. The van der Waals surface area contributed by atoms with Crippen molar-refractivity contribution >= 4 is 17.8 Å². The molecule has 7 nitrogen and oxygen atoms in total. The van der Waals surface area contributed by atoms with Gasteiger partial charge in [0.25, 0.3) is 5.91 Å². The van der Waals surface area contributed by atoms with Crippen molar-refractivity contribution in [3.8, 4) is 5.75 Å². The lowest BCUT2D eigenvalue weighted by atomic mass is 10.1. The third kappa shape index (κ3) is 4.49. The number of hydrogen-bond acceptors (Lipinski definition) is 4. The number of nitrogens with one attached hydrogen (secondary N) is 1. The quantitative estimate of drug-likeness (QED) is 0.746. The van der Waals surface area contributed by atoms with Crippen LogP contribution < -0.4 is 10.1 Å². The standard InChI is InChI=1S/C21H23N3O4/c1-23(13-15-6-4-3-5-7-15)19(25)12-18-20(26)24(21(27)22-18)14-16-8-10-17(28-2)11-9-16/h3-11,18H,12-14H2,1-2H3,(H,22,27)/t18-/m1/s1. The molecule has 1 atom stereocenters. The lowest BCUT2D eigenvalue weighted by Crippen LogP contribution is -2.37. The molecule has 4 amide bonds. The number of urea groups is 1. The van der Waals surface area contributed by atoms with E-state index in [1.807, 2.05) is 30.3 Å². The molecular weight excluding hydrogens is 358 g/mol. The molecule has 0 unspecified atom stereocenters. The van der Waals surface area contributed by atoms with Crippen LogP contribution in [0.5, 0.6) is 5.75 Å². The van der Waals surface area contributed by atoms with E-state index in [2.05, 4.69) is 5.32 Å². The van der Waals surface area contributed by atoms with Crippen LogP contribution in [-0.2, 0) is 22.7 Å². The van der Waals surface area contributed by atoms with Crippen molar-refractivity contribution in [3.63, 3.8) is 0 Å². The molecule has 3 rings (SSSR count). The zero-order valence-electron chi connectivity index (χ0n) is 15.9. The van der Waals surface area contributed by atoms with Gasteiger partial charge in [0.2, 0.25) is 5.91 Å². The molecular formula is C21H23N3O4. The molecule has 0 saturated carbocycles. The van der Waals surface area contributed by atoms with Crippen molar-refractivity contribution < 1.29 is 19.1 Å². The molecule has 1 fully saturated rings. The molecule has 0 aliphatic carbocycles. The number of ether oxygens (including phenoxy) is 1. The van der Waals surface area contributed by atoms with Gasteiger partial charge in [0.1, 0.15) is 11.8 Å².